The lowest BCUT2D eigenvalue weighted by atomic mass is 10.1. The van der Waals surface area contributed by atoms with Gasteiger partial charge in [0.1, 0.15) is 0 Å². The van der Waals surface area contributed by atoms with Gasteiger partial charge in [0.15, 0.2) is 0 Å². The maximum Gasteiger partial charge on any atom is 0.0967 e. The molecule has 0 amide bonds. The third-order valence-electron chi connectivity index (χ3n) is 2.79. The molecule has 0 saturated heterocycles. The zero-order valence-electron chi connectivity index (χ0n) is 12.3. The molecule has 0 spiro atoms. The van der Waals surface area contributed by atoms with Crippen LogP contribution in [-0.4, -0.2) is 32.2 Å². The Hall–Kier alpha value is -0.0100. The molecule has 0 aromatic heterocycles. The van der Waals surface area contributed by atoms with Gasteiger partial charge in [-0.2, -0.15) is 0 Å². The molecule has 0 aromatic rings. The molecule has 0 aromatic carbocycles. The number of nitrogens with zero attached hydrogens (tertiary/aromatic N) is 1. The van der Waals surface area contributed by atoms with Crippen molar-refractivity contribution in [1.82, 2.24) is 0 Å². The predicted molar refractivity (Wildman–Crippen MR) is 74.6 cm³/mol. The maximum atomic E-state index is 2.36. The van der Waals surface area contributed by atoms with Crippen LogP contribution >= 0.6 is 0 Å². The molecule has 0 N–H and O–H groups in total. The Balaban J connectivity index is 0. The molecular formula is C15H32ClN. The van der Waals surface area contributed by atoms with Crippen molar-refractivity contribution < 1.29 is 16.9 Å². The van der Waals surface area contributed by atoms with E-state index in [0.717, 1.165) is 11.0 Å². The Morgan fingerprint density at radius 2 is 1.29 bits per heavy atom. The Kier molecular flexibility index (Phi) is 14.2. The molecule has 0 atom stereocenters. The normalized spacial score (nSPS) is 11.8. The quantitative estimate of drug-likeness (QED) is 0.317. The van der Waals surface area contributed by atoms with E-state index >= 15 is 0 Å². The van der Waals surface area contributed by atoms with Crippen LogP contribution in [-0.2, 0) is 0 Å². The second-order valence-corrected chi connectivity index (χ2v) is 5.85. The van der Waals surface area contributed by atoms with E-state index in [4.69, 9.17) is 0 Å². The van der Waals surface area contributed by atoms with Crippen molar-refractivity contribution in [2.45, 2.75) is 58.3 Å². The predicted octanol–water partition coefficient (Wildman–Crippen LogP) is 1.39. The van der Waals surface area contributed by atoms with E-state index in [1.807, 2.05) is 0 Å². The summed E-state index contributed by atoms with van der Waals surface area (Å²) < 4.78 is 1.04. The van der Waals surface area contributed by atoms with Gasteiger partial charge in [0.05, 0.1) is 27.7 Å². The molecule has 17 heavy (non-hydrogen) atoms. The molecule has 0 fully saturated rings. The lowest BCUT2D eigenvalue weighted by molar-refractivity contribution is -0.864. The summed E-state index contributed by atoms with van der Waals surface area (Å²) in [7, 11) is 6.70. The first-order chi connectivity index (χ1) is 7.56. The van der Waals surface area contributed by atoms with Gasteiger partial charge < -0.3 is 16.9 Å². The van der Waals surface area contributed by atoms with Crippen molar-refractivity contribution in [3.8, 4) is 0 Å². The van der Waals surface area contributed by atoms with Gasteiger partial charge >= 0.3 is 0 Å². The van der Waals surface area contributed by atoms with Crippen LogP contribution < -0.4 is 12.4 Å². The van der Waals surface area contributed by atoms with Crippen LogP contribution in [0.1, 0.15) is 58.3 Å². The zero-order chi connectivity index (χ0) is 12.3. The first-order valence-corrected chi connectivity index (χ1v) is 7.01. The van der Waals surface area contributed by atoms with Crippen LogP contribution in [0.25, 0.3) is 0 Å². The molecule has 0 aliphatic carbocycles. The molecule has 0 unspecified atom stereocenters. The minimum atomic E-state index is 0. The average molecular weight is 262 g/mol. The number of allylic oxidation sites excluding steroid dienone is 1. The lowest BCUT2D eigenvalue weighted by Crippen LogP contribution is -3.00. The molecule has 2 heteroatoms. The Bertz CT molecular complexity index is 170. The minimum Gasteiger partial charge on any atom is -1.00 e. The van der Waals surface area contributed by atoms with Crippen molar-refractivity contribution in [2.75, 3.05) is 27.7 Å². The molecule has 104 valence electrons. The standard InChI is InChI=1S/C15H32N.ClH/c1-5-6-7-8-9-10-11-12-13-14-15-16(2,3)4;/h13-14H,5-12,15H2,1-4H3;1H/q+1;/p-1. The molecule has 0 heterocycles. The fourth-order valence-corrected chi connectivity index (χ4v) is 1.73. The summed E-state index contributed by atoms with van der Waals surface area (Å²) in [4.78, 5) is 0. The van der Waals surface area contributed by atoms with Crippen molar-refractivity contribution in [3.05, 3.63) is 12.2 Å². The molecule has 1 nitrogen and oxygen atoms in total. The van der Waals surface area contributed by atoms with Gasteiger partial charge in [-0.25, -0.2) is 0 Å². The van der Waals surface area contributed by atoms with Gasteiger partial charge in [-0.1, -0.05) is 51.5 Å². The Morgan fingerprint density at radius 1 is 0.765 bits per heavy atom. The number of halogens is 1. The van der Waals surface area contributed by atoms with E-state index in [-0.39, 0.29) is 12.4 Å². The number of hydrogen-bond donors (Lipinski definition) is 0. The maximum absolute atomic E-state index is 2.36. The smallest absolute Gasteiger partial charge is 0.0967 e. The molecule has 0 bridgehead atoms. The van der Waals surface area contributed by atoms with Crippen LogP contribution in [0.15, 0.2) is 12.2 Å². The van der Waals surface area contributed by atoms with Gasteiger partial charge in [-0.05, 0) is 18.9 Å². The first-order valence-electron chi connectivity index (χ1n) is 7.01. The van der Waals surface area contributed by atoms with Crippen molar-refractivity contribution in [3.63, 3.8) is 0 Å². The van der Waals surface area contributed by atoms with E-state index in [2.05, 4.69) is 40.2 Å². The molecular weight excluding hydrogens is 230 g/mol. The van der Waals surface area contributed by atoms with Gasteiger partial charge in [0.25, 0.3) is 0 Å². The third-order valence-corrected chi connectivity index (χ3v) is 2.79. The fraction of sp³-hybridized carbons (Fsp3) is 0.867. The molecule has 0 rings (SSSR count). The highest BCUT2D eigenvalue weighted by atomic mass is 35.5. The van der Waals surface area contributed by atoms with Crippen LogP contribution in [0.3, 0.4) is 0 Å². The number of rotatable bonds is 10. The lowest BCUT2D eigenvalue weighted by Gasteiger charge is -2.21. The highest BCUT2D eigenvalue weighted by molar-refractivity contribution is 4.81. The molecule has 0 aliphatic rings. The zero-order valence-corrected chi connectivity index (χ0v) is 13.1. The summed E-state index contributed by atoms with van der Waals surface area (Å²) in [5, 5.41) is 0. The number of unbranched alkanes of at least 4 members (excludes halogenated alkanes) is 7. The van der Waals surface area contributed by atoms with Crippen LogP contribution in [0.4, 0.5) is 0 Å². The van der Waals surface area contributed by atoms with E-state index in [9.17, 15) is 0 Å². The first kappa shape index (κ1) is 19.3. The second kappa shape index (κ2) is 12.4. The summed E-state index contributed by atoms with van der Waals surface area (Å²) in [5.74, 6) is 0. The van der Waals surface area contributed by atoms with Gasteiger partial charge in [-0.3, -0.25) is 0 Å². The van der Waals surface area contributed by atoms with E-state index in [1.165, 1.54) is 51.4 Å². The van der Waals surface area contributed by atoms with Gasteiger partial charge in [0, 0.05) is 0 Å². The van der Waals surface area contributed by atoms with Gasteiger partial charge in [0.2, 0.25) is 0 Å². The monoisotopic (exact) mass is 261 g/mol. The van der Waals surface area contributed by atoms with Crippen molar-refractivity contribution in [1.29, 1.82) is 0 Å². The highest BCUT2D eigenvalue weighted by Gasteiger charge is 2.00. The second-order valence-electron chi connectivity index (χ2n) is 5.85. The van der Waals surface area contributed by atoms with Gasteiger partial charge in [-0.15, -0.1) is 0 Å². The molecule has 0 saturated carbocycles. The summed E-state index contributed by atoms with van der Waals surface area (Å²) in [6.07, 6.45) is 15.8. The number of likely N-dealkylation sites (N-methyl/N-ethyl adjacent to an activating group) is 1. The van der Waals surface area contributed by atoms with E-state index < -0.39 is 0 Å². The third kappa shape index (κ3) is 18.5. The Morgan fingerprint density at radius 3 is 1.82 bits per heavy atom. The van der Waals surface area contributed by atoms with Crippen molar-refractivity contribution >= 4 is 0 Å². The topological polar surface area (TPSA) is 0 Å². The molecule has 0 radical (unpaired) electrons. The summed E-state index contributed by atoms with van der Waals surface area (Å²) in [6, 6.07) is 0. The Labute approximate surface area is 115 Å². The number of hydrogen-bond acceptors (Lipinski definition) is 0. The largest absolute Gasteiger partial charge is 1.00 e. The average Bonchev–Trinajstić information content (AvgIpc) is 2.19. The van der Waals surface area contributed by atoms with E-state index in [1.54, 1.807) is 0 Å². The van der Waals surface area contributed by atoms with Crippen LogP contribution in [0.5, 0.6) is 0 Å². The van der Waals surface area contributed by atoms with Crippen molar-refractivity contribution in [2.24, 2.45) is 0 Å². The summed E-state index contributed by atoms with van der Waals surface area (Å²) in [6.45, 7) is 3.43. The fourth-order valence-electron chi connectivity index (χ4n) is 1.73. The number of quaternary nitrogens is 1. The molecule has 0 aliphatic heterocycles. The highest BCUT2D eigenvalue weighted by Crippen LogP contribution is 2.08. The van der Waals surface area contributed by atoms with Crippen LogP contribution in [0, 0.1) is 0 Å². The van der Waals surface area contributed by atoms with Crippen LogP contribution in [0.2, 0.25) is 0 Å². The summed E-state index contributed by atoms with van der Waals surface area (Å²) in [5.41, 5.74) is 0. The summed E-state index contributed by atoms with van der Waals surface area (Å²) >= 11 is 0. The minimum absolute atomic E-state index is 0. The SMILES string of the molecule is CCCCCCCCCC=CC[N+](C)(C)C.[Cl-]. The van der Waals surface area contributed by atoms with E-state index in [0.29, 0.717) is 0 Å².